The Labute approximate surface area is 135 Å². The SMILES string of the molecule is CCn1cc(/C=C/C(=O)c2ccc(OC)cc2)c2ccccc21. The molecule has 0 spiro atoms. The van der Waals surface area contributed by atoms with Crippen LogP contribution in [0.15, 0.2) is 60.8 Å². The number of para-hydroxylation sites is 1. The standard InChI is InChI=1S/C20H19NO2/c1-3-21-14-16(18-6-4-5-7-19(18)21)10-13-20(22)15-8-11-17(23-2)12-9-15/h4-14H,3H2,1-2H3/b13-10+. The van der Waals surface area contributed by atoms with Crippen LogP contribution in [-0.4, -0.2) is 17.5 Å². The third-order valence-electron chi connectivity index (χ3n) is 3.95. The van der Waals surface area contributed by atoms with E-state index in [0.717, 1.165) is 23.2 Å². The molecule has 0 bridgehead atoms. The number of aromatic nitrogens is 1. The summed E-state index contributed by atoms with van der Waals surface area (Å²) in [6, 6.07) is 15.4. The molecule has 0 unspecified atom stereocenters. The van der Waals surface area contributed by atoms with E-state index in [4.69, 9.17) is 4.74 Å². The van der Waals surface area contributed by atoms with Gasteiger partial charge in [-0.1, -0.05) is 18.2 Å². The van der Waals surface area contributed by atoms with Gasteiger partial charge < -0.3 is 9.30 Å². The van der Waals surface area contributed by atoms with Gasteiger partial charge in [-0.15, -0.1) is 0 Å². The molecule has 2 aromatic carbocycles. The van der Waals surface area contributed by atoms with E-state index in [9.17, 15) is 4.79 Å². The number of nitrogens with zero attached hydrogens (tertiary/aromatic N) is 1. The van der Waals surface area contributed by atoms with Crippen molar-refractivity contribution in [3.05, 3.63) is 71.9 Å². The number of ketones is 1. The van der Waals surface area contributed by atoms with Gasteiger partial charge in [-0.25, -0.2) is 0 Å². The number of aryl methyl sites for hydroxylation is 1. The van der Waals surface area contributed by atoms with Gasteiger partial charge in [0.05, 0.1) is 7.11 Å². The van der Waals surface area contributed by atoms with Crippen molar-refractivity contribution in [1.82, 2.24) is 4.57 Å². The van der Waals surface area contributed by atoms with Gasteiger partial charge in [-0.05, 0) is 49.4 Å². The fourth-order valence-corrected chi connectivity index (χ4v) is 2.69. The van der Waals surface area contributed by atoms with E-state index in [1.165, 1.54) is 5.52 Å². The van der Waals surface area contributed by atoms with Crippen molar-refractivity contribution in [2.45, 2.75) is 13.5 Å². The molecule has 3 nitrogen and oxygen atoms in total. The summed E-state index contributed by atoms with van der Waals surface area (Å²) in [5, 5.41) is 1.16. The third-order valence-corrected chi connectivity index (χ3v) is 3.95. The van der Waals surface area contributed by atoms with E-state index < -0.39 is 0 Å². The summed E-state index contributed by atoms with van der Waals surface area (Å²) in [7, 11) is 1.61. The number of carbonyl (C=O) groups excluding carboxylic acids is 1. The number of rotatable bonds is 5. The Morgan fingerprint density at radius 3 is 2.57 bits per heavy atom. The van der Waals surface area contributed by atoms with Crippen LogP contribution in [0, 0.1) is 0 Å². The van der Waals surface area contributed by atoms with Gasteiger partial charge in [0.25, 0.3) is 0 Å². The van der Waals surface area contributed by atoms with Crippen molar-refractivity contribution >= 4 is 22.8 Å². The number of ether oxygens (including phenoxy) is 1. The first kappa shape index (κ1) is 15.1. The van der Waals surface area contributed by atoms with Crippen molar-refractivity contribution in [3.63, 3.8) is 0 Å². The lowest BCUT2D eigenvalue weighted by Gasteiger charge is -2.00. The van der Waals surface area contributed by atoms with E-state index in [0.29, 0.717) is 5.56 Å². The molecular weight excluding hydrogens is 286 g/mol. The molecule has 0 atom stereocenters. The molecule has 1 heterocycles. The first-order valence-electron chi connectivity index (χ1n) is 7.67. The molecule has 0 amide bonds. The maximum Gasteiger partial charge on any atom is 0.185 e. The van der Waals surface area contributed by atoms with Gasteiger partial charge in [0, 0.05) is 34.8 Å². The normalized spacial score (nSPS) is 11.2. The van der Waals surface area contributed by atoms with Crippen LogP contribution in [0.25, 0.3) is 17.0 Å². The number of hydrogen-bond acceptors (Lipinski definition) is 2. The highest BCUT2D eigenvalue weighted by molar-refractivity contribution is 6.07. The van der Waals surface area contributed by atoms with Crippen LogP contribution in [0.3, 0.4) is 0 Å². The van der Waals surface area contributed by atoms with E-state index in [2.05, 4.69) is 29.8 Å². The van der Waals surface area contributed by atoms with Crippen LogP contribution in [0.4, 0.5) is 0 Å². The first-order valence-corrected chi connectivity index (χ1v) is 7.67. The van der Waals surface area contributed by atoms with Crippen molar-refractivity contribution in [2.24, 2.45) is 0 Å². The van der Waals surface area contributed by atoms with E-state index in [1.54, 1.807) is 37.5 Å². The van der Waals surface area contributed by atoms with Crippen LogP contribution < -0.4 is 4.74 Å². The third kappa shape index (κ3) is 3.04. The smallest absolute Gasteiger partial charge is 0.185 e. The quantitative estimate of drug-likeness (QED) is 0.511. The summed E-state index contributed by atoms with van der Waals surface area (Å²) in [6.45, 7) is 3.02. The summed E-state index contributed by atoms with van der Waals surface area (Å²) in [5.74, 6) is 0.734. The topological polar surface area (TPSA) is 31.2 Å². The highest BCUT2D eigenvalue weighted by atomic mass is 16.5. The van der Waals surface area contributed by atoms with E-state index in [1.807, 2.05) is 18.2 Å². The van der Waals surface area contributed by atoms with Gasteiger partial charge in [-0.2, -0.15) is 0 Å². The average Bonchev–Trinajstić information content (AvgIpc) is 2.98. The van der Waals surface area contributed by atoms with Crippen LogP contribution in [0.2, 0.25) is 0 Å². The maximum absolute atomic E-state index is 12.3. The van der Waals surface area contributed by atoms with Crippen LogP contribution >= 0.6 is 0 Å². The molecule has 0 fully saturated rings. The number of hydrogen-bond donors (Lipinski definition) is 0. The Kier molecular flexibility index (Phi) is 4.29. The zero-order valence-corrected chi connectivity index (χ0v) is 13.3. The Bertz CT molecular complexity index is 857. The molecule has 0 aliphatic rings. The molecule has 3 aromatic rings. The maximum atomic E-state index is 12.3. The fraction of sp³-hybridized carbons (Fsp3) is 0.150. The monoisotopic (exact) mass is 305 g/mol. The molecule has 23 heavy (non-hydrogen) atoms. The Balaban J connectivity index is 1.88. The molecule has 0 saturated heterocycles. The van der Waals surface area contributed by atoms with Crippen molar-refractivity contribution in [2.75, 3.05) is 7.11 Å². The highest BCUT2D eigenvalue weighted by Gasteiger charge is 2.06. The zero-order valence-electron chi connectivity index (χ0n) is 13.3. The fourth-order valence-electron chi connectivity index (χ4n) is 2.69. The van der Waals surface area contributed by atoms with E-state index >= 15 is 0 Å². The Hall–Kier alpha value is -2.81. The Morgan fingerprint density at radius 1 is 1.13 bits per heavy atom. The molecule has 3 heteroatoms. The van der Waals surface area contributed by atoms with Gasteiger partial charge in [0.15, 0.2) is 5.78 Å². The van der Waals surface area contributed by atoms with Gasteiger partial charge in [0.2, 0.25) is 0 Å². The predicted molar refractivity (Wildman–Crippen MR) is 94.0 cm³/mol. The summed E-state index contributed by atoms with van der Waals surface area (Å²) >= 11 is 0. The molecule has 3 rings (SSSR count). The molecule has 0 N–H and O–H groups in total. The largest absolute Gasteiger partial charge is 0.497 e. The minimum atomic E-state index is -0.0130. The zero-order chi connectivity index (χ0) is 16.2. The molecule has 0 saturated carbocycles. The highest BCUT2D eigenvalue weighted by Crippen LogP contribution is 2.22. The Morgan fingerprint density at radius 2 is 1.87 bits per heavy atom. The number of carbonyl (C=O) groups is 1. The lowest BCUT2D eigenvalue weighted by Crippen LogP contribution is -1.94. The van der Waals surface area contributed by atoms with Crippen LogP contribution in [0.1, 0.15) is 22.8 Å². The second kappa shape index (κ2) is 6.53. The second-order valence-corrected chi connectivity index (χ2v) is 5.31. The molecule has 0 aliphatic heterocycles. The van der Waals surface area contributed by atoms with Crippen molar-refractivity contribution < 1.29 is 9.53 Å². The summed E-state index contributed by atoms with van der Waals surface area (Å²) < 4.78 is 7.30. The summed E-state index contributed by atoms with van der Waals surface area (Å²) in [4.78, 5) is 12.3. The summed E-state index contributed by atoms with van der Waals surface area (Å²) in [5.41, 5.74) is 2.90. The number of benzene rings is 2. The van der Waals surface area contributed by atoms with Crippen molar-refractivity contribution in [3.8, 4) is 5.75 Å². The lowest BCUT2D eigenvalue weighted by atomic mass is 10.1. The van der Waals surface area contributed by atoms with Crippen LogP contribution in [0.5, 0.6) is 5.75 Å². The number of fused-ring (bicyclic) bond motifs is 1. The molecule has 1 aromatic heterocycles. The number of methoxy groups -OCH3 is 1. The average molecular weight is 305 g/mol. The number of allylic oxidation sites excluding steroid dienone is 1. The van der Waals surface area contributed by atoms with Gasteiger partial charge in [-0.3, -0.25) is 4.79 Å². The molecule has 116 valence electrons. The first-order chi connectivity index (χ1) is 11.2. The molecule has 0 radical (unpaired) electrons. The van der Waals surface area contributed by atoms with Gasteiger partial charge in [0.1, 0.15) is 5.75 Å². The minimum absolute atomic E-state index is 0.0130. The summed E-state index contributed by atoms with van der Waals surface area (Å²) in [6.07, 6.45) is 5.60. The lowest BCUT2D eigenvalue weighted by molar-refractivity contribution is 0.104. The molecule has 0 aliphatic carbocycles. The van der Waals surface area contributed by atoms with E-state index in [-0.39, 0.29) is 5.78 Å². The predicted octanol–water partition coefficient (Wildman–Crippen LogP) is 4.57. The van der Waals surface area contributed by atoms with Crippen LogP contribution in [-0.2, 0) is 6.54 Å². The second-order valence-electron chi connectivity index (χ2n) is 5.31. The van der Waals surface area contributed by atoms with Crippen molar-refractivity contribution in [1.29, 1.82) is 0 Å². The molecular formula is C20H19NO2. The minimum Gasteiger partial charge on any atom is -0.497 e. The van der Waals surface area contributed by atoms with Gasteiger partial charge >= 0.3 is 0 Å².